The van der Waals surface area contributed by atoms with E-state index in [9.17, 15) is 0 Å². The van der Waals surface area contributed by atoms with E-state index in [1.165, 1.54) is 55.3 Å². The smallest absolute Gasteiger partial charge is 0.261 e. The molecule has 0 bridgehead atoms. The van der Waals surface area contributed by atoms with E-state index in [1.807, 2.05) is 0 Å². The lowest BCUT2D eigenvalue weighted by atomic mass is 10.1. The van der Waals surface area contributed by atoms with E-state index < -0.39 is 8.32 Å². The predicted octanol–water partition coefficient (Wildman–Crippen LogP) is 7.49. The van der Waals surface area contributed by atoms with Crippen LogP contribution in [0.5, 0.6) is 0 Å². The van der Waals surface area contributed by atoms with Gasteiger partial charge in [0, 0.05) is 19.4 Å². The molecule has 0 heterocycles. The highest BCUT2D eigenvalue weighted by Gasteiger charge is 2.49. The molecule has 0 N–H and O–H groups in total. The lowest BCUT2D eigenvalue weighted by molar-refractivity contribution is 0.286. The molecule has 0 amide bonds. The van der Waals surface area contributed by atoms with Crippen LogP contribution in [0.2, 0.25) is 5.04 Å². The Hall–Kier alpha value is -1.82. The molecule has 0 aliphatic heterocycles. The molecule has 1 nitrogen and oxygen atoms in total. The fourth-order valence-electron chi connectivity index (χ4n) is 4.47. The van der Waals surface area contributed by atoms with E-state index in [4.69, 9.17) is 4.43 Å². The van der Waals surface area contributed by atoms with Crippen LogP contribution in [-0.2, 0) is 4.43 Å². The summed E-state index contributed by atoms with van der Waals surface area (Å²) in [5.41, 5.74) is 0. The number of unbranched alkanes of at least 4 members (excludes halogenated alkanes) is 8. The van der Waals surface area contributed by atoms with Gasteiger partial charge in [0.05, 0.1) is 0 Å². The first kappa shape index (κ1) is 26.4. The highest BCUT2D eigenvalue weighted by atomic mass is 28.4. The minimum Gasteiger partial charge on any atom is -0.407 e. The van der Waals surface area contributed by atoms with Crippen molar-refractivity contribution >= 4 is 18.7 Å². The van der Waals surface area contributed by atoms with Crippen molar-refractivity contribution in [1.29, 1.82) is 0 Å². The average Bonchev–Trinajstić information content (AvgIpc) is 2.80. The van der Waals surface area contributed by atoms with E-state index in [0.717, 1.165) is 25.9 Å². The van der Waals surface area contributed by atoms with Crippen LogP contribution in [0.25, 0.3) is 0 Å². The van der Waals surface area contributed by atoms with Crippen molar-refractivity contribution in [3.05, 3.63) is 60.7 Å². The van der Waals surface area contributed by atoms with Crippen LogP contribution >= 0.6 is 0 Å². The van der Waals surface area contributed by atoms with Crippen molar-refractivity contribution in [2.24, 2.45) is 0 Å². The molecule has 0 saturated heterocycles. The van der Waals surface area contributed by atoms with Crippen LogP contribution in [-0.4, -0.2) is 14.9 Å². The Morgan fingerprint density at radius 2 is 1.12 bits per heavy atom. The highest BCUT2D eigenvalue weighted by Crippen LogP contribution is 2.36. The largest absolute Gasteiger partial charge is 0.407 e. The lowest BCUT2D eigenvalue weighted by Crippen LogP contribution is -2.66. The third-order valence-electron chi connectivity index (χ3n) is 6.21. The van der Waals surface area contributed by atoms with E-state index in [1.54, 1.807) is 0 Å². The molecule has 0 spiro atoms. The summed E-state index contributed by atoms with van der Waals surface area (Å²) in [4.78, 5) is 0. The Balaban J connectivity index is 1.87. The van der Waals surface area contributed by atoms with Crippen LogP contribution in [0.4, 0.5) is 0 Å². The molecule has 0 atom stereocenters. The van der Waals surface area contributed by atoms with Gasteiger partial charge in [-0.15, -0.1) is 11.8 Å². The van der Waals surface area contributed by atoms with E-state index >= 15 is 0 Å². The Bertz CT molecular complexity index is 756. The molecule has 0 aliphatic carbocycles. The van der Waals surface area contributed by atoms with E-state index in [2.05, 4.69) is 100 Å². The summed E-state index contributed by atoms with van der Waals surface area (Å²) in [7, 11) is -2.37. The van der Waals surface area contributed by atoms with Gasteiger partial charge in [0.25, 0.3) is 8.32 Å². The van der Waals surface area contributed by atoms with Gasteiger partial charge in [-0.3, -0.25) is 0 Å². The summed E-state index contributed by atoms with van der Waals surface area (Å²) in [6.45, 7) is 10.1. The third-order valence-corrected chi connectivity index (χ3v) is 11.3. The normalized spacial score (nSPS) is 11.8. The third kappa shape index (κ3) is 7.95. The Labute approximate surface area is 199 Å². The first-order chi connectivity index (χ1) is 15.5. The van der Waals surface area contributed by atoms with Gasteiger partial charge in [-0.2, -0.15) is 0 Å². The van der Waals surface area contributed by atoms with Crippen LogP contribution in [0.15, 0.2) is 60.7 Å². The maximum atomic E-state index is 6.97. The average molecular weight is 449 g/mol. The summed E-state index contributed by atoms with van der Waals surface area (Å²) in [5, 5.41) is 2.80. The second kappa shape index (κ2) is 14.4. The van der Waals surface area contributed by atoms with Crippen LogP contribution < -0.4 is 10.4 Å². The van der Waals surface area contributed by atoms with Gasteiger partial charge in [0.1, 0.15) is 0 Å². The van der Waals surface area contributed by atoms with Gasteiger partial charge in [-0.05, 0) is 34.7 Å². The molecule has 2 aromatic rings. The molecule has 0 aliphatic rings. The number of hydrogen-bond acceptors (Lipinski definition) is 1. The molecule has 0 radical (unpaired) electrons. The van der Waals surface area contributed by atoms with Crippen molar-refractivity contribution in [1.82, 2.24) is 0 Å². The summed E-state index contributed by atoms with van der Waals surface area (Å²) in [6, 6.07) is 21.9. The van der Waals surface area contributed by atoms with Crippen LogP contribution in [0.1, 0.15) is 91.9 Å². The molecular weight excluding hydrogens is 404 g/mol. The minimum absolute atomic E-state index is 0.0610. The molecule has 32 heavy (non-hydrogen) atoms. The number of benzene rings is 2. The maximum absolute atomic E-state index is 6.97. The van der Waals surface area contributed by atoms with Gasteiger partial charge in [0.2, 0.25) is 0 Å². The van der Waals surface area contributed by atoms with Crippen molar-refractivity contribution in [2.75, 3.05) is 6.61 Å². The molecule has 2 heteroatoms. The van der Waals surface area contributed by atoms with E-state index in [0.29, 0.717) is 0 Å². The highest BCUT2D eigenvalue weighted by molar-refractivity contribution is 6.99. The van der Waals surface area contributed by atoms with Gasteiger partial charge in [0.15, 0.2) is 0 Å². The fourth-order valence-corrected chi connectivity index (χ4v) is 9.08. The molecular formula is C30H44OSi. The first-order valence-corrected chi connectivity index (χ1v) is 14.6. The van der Waals surface area contributed by atoms with Crippen molar-refractivity contribution < 1.29 is 4.43 Å². The van der Waals surface area contributed by atoms with Crippen molar-refractivity contribution in [3.63, 3.8) is 0 Å². The molecule has 0 fully saturated rings. The quantitative estimate of drug-likeness (QED) is 0.175. The monoisotopic (exact) mass is 448 g/mol. The second-order valence-corrected chi connectivity index (χ2v) is 14.1. The number of hydrogen-bond donors (Lipinski definition) is 0. The summed E-state index contributed by atoms with van der Waals surface area (Å²) >= 11 is 0. The van der Waals surface area contributed by atoms with Crippen LogP contribution in [0.3, 0.4) is 0 Å². The summed E-state index contributed by atoms with van der Waals surface area (Å²) < 4.78 is 6.97. The molecule has 2 rings (SSSR count). The molecule has 2 aromatic carbocycles. The zero-order valence-electron chi connectivity index (χ0n) is 21.0. The molecule has 0 aromatic heterocycles. The van der Waals surface area contributed by atoms with Gasteiger partial charge in [-0.25, -0.2) is 0 Å². The lowest BCUT2D eigenvalue weighted by Gasteiger charge is -2.43. The standard InChI is InChI=1S/C30H44OSi/c1-5-6-7-8-9-10-11-12-13-14-15-22-27-31-32(30(2,3)4,28-23-18-16-19-24-28)29-25-20-17-21-26-29/h16-21,23-26H,5-8,11-15,22,27H2,1-4H3. The van der Waals surface area contributed by atoms with Crippen LogP contribution in [0, 0.1) is 11.8 Å². The van der Waals surface area contributed by atoms with Gasteiger partial charge >= 0.3 is 0 Å². The minimum atomic E-state index is -2.37. The topological polar surface area (TPSA) is 9.23 Å². The van der Waals surface area contributed by atoms with Crippen molar-refractivity contribution in [2.45, 2.75) is 96.9 Å². The molecule has 0 saturated carbocycles. The summed E-state index contributed by atoms with van der Waals surface area (Å²) in [6.07, 6.45) is 12.1. The van der Waals surface area contributed by atoms with Gasteiger partial charge in [-0.1, -0.05) is 120 Å². The first-order valence-electron chi connectivity index (χ1n) is 12.7. The molecule has 174 valence electrons. The number of rotatable bonds is 13. The second-order valence-electron chi connectivity index (χ2n) is 9.84. The zero-order chi connectivity index (χ0) is 23.1. The molecule has 0 unspecified atom stereocenters. The fraction of sp³-hybridized carbons (Fsp3) is 0.533. The van der Waals surface area contributed by atoms with E-state index in [-0.39, 0.29) is 5.04 Å². The zero-order valence-corrected chi connectivity index (χ0v) is 22.0. The maximum Gasteiger partial charge on any atom is 0.261 e. The summed E-state index contributed by atoms with van der Waals surface area (Å²) in [5.74, 6) is 6.68. The Morgan fingerprint density at radius 1 is 0.656 bits per heavy atom. The van der Waals surface area contributed by atoms with Gasteiger partial charge < -0.3 is 4.43 Å². The Kier molecular flexibility index (Phi) is 11.9. The SMILES string of the molecule is CCCCCC#CCCCCCCCO[Si](c1ccccc1)(c1ccccc1)C(C)(C)C. The van der Waals surface area contributed by atoms with Crippen molar-refractivity contribution in [3.8, 4) is 11.8 Å². The predicted molar refractivity (Wildman–Crippen MR) is 143 cm³/mol. The Morgan fingerprint density at radius 3 is 1.62 bits per heavy atom.